The summed E-state index contributed by atoms with van der Waals surface area (Å²) in [5.41, 5.74) is 5.45. The number of hydrogen-bond donors (Lipinski definition) is 2. The number of amides is 2. The maximum Gasteiger partial charge on any atom is 0.279 e. The van der Waals surface area contributed by atoms with Crippen LogP contribution in [0.3, 0.4) is 0 Å². The molecule has 0 aliphatic carbocycles. The summed E-state index contributed by atoms with van der Waals surface area (Å²) in [4.78, 5) is 36.8. The van der Waals surface area contributed by atoms with Crippen molar-refractivity contribution < 1.29 is 27.5 Å². The van der Waals surface area contributed by atoms with Crippen LogP contribution in [0.15, 0.2) is 89.8 Å². The quantitative estimate of drug-likeness (QED) is 0.359. The summed E-state index contributed by atoms with van der Waals surface area (Å²) in [5, 5.41) is 0. The topological polar surface area (TPSA) is 119 Å². The van der Waals surface area contributed by atoms with Crippen molar-refractivity contribution in [3.8, 4) is 5.75 Å². The van der Waals surface area contributed by atoms with Crippen molar-refractivity contribution in [2.75, 3.05) is 5.75 Å². The molecule has 176 valence electrons. The van der Waals surface area contributed by atoms with E-state index in [0.717, 1.165) is 0 Å². The van der Waals surface area contributed by atoms with E-state index in [-0.39, 0.29) is 17.1 Å². The summed E-state index contributed by atoms with van der Waals surface area (Å²) in [5.74, 6) is -1.42. The number of ether oxygens (including phenoxy) is 1. The number of carbonyl (C=O) groups is 3. The molecular formula is C25H24N2O6S. The first-order valence-corrected chi connectivity index (χ1v) is 12.1. The van der Waals surface area contributed by atoms with Crippen LogP contribution in [0.5, 0.6) is 5.75 Å². The summed E-state index contributed by atoms with van der Waals surface area (Å²) in [7, 11) is -3.60. The molecule has 0 aliphatic heterocycles. The highest BCUT2D eigenvalue weighted by Crippen LogP contribution is 2.17. The van der Waals surface area contributed by atoms with E-state index in [1.54, 1.807) is 66.7 Å². The molecule has 3 rings (SSSR count). The first-order chi connectivity index (χ1) is 16.3. The summed E-state index contributed by atoms with van der Waals surface area (Å²) in [6.07, 6.45) is -1.27. The molecule has 0 heterocycles. The van der Waals surface area contributed by atoms with Crippen LogP contribution >= 0.6 is 0 Å². The molecule has 3 aromatic carbocycles. The molecular weight excluding hydrogens is 456 g/mol. The molecule has 0 spiro atoms. The molecule has 2 amide bonds. The van der Waals surface area contributed by atoms with Gasteiger partial charge >= 0.3 is 0 Å². The molecule has 3 aromatic rings. The van der Waals surface area contributed by atoms with Crippen molar-refractivity contribution in [2.45, 2.75) is 24.3 Å². The van der Waals surface area contributed by atoms with Crippen LogP contribution in [0.2, 0.25) is 0 Å². The molecule has 9 heteroatoms. The minimum atomic E-state index is -3.60. The minimum Gasteiger partial charge on any atom is -0.481 e. The van der Waals surface area contributed by atoms with E-state index in [2.05, 4.69) is 10.9 Å². The van der Waals surface area contributed by atoms with Gasteiger partial charge in [-0.25, -0.2) is 8.42 Å². The lowest BCUT2D eigenvalue weighted by Crippen LogP contribution is -2.47. The third-order valence-electron chi connectivity index (χ3n) is 4.86. The van der Waals surface area contributed by atoms with Gasteiger partial charge in [0.05, 0.1) is 10.6 Å². The second-order valence-corrected chi connectivity index (χ2v) is 9.51. The monoisotopic (exact) mass is 480 g/mol. The van der Waals surface area contributed by atoms with Crippen LogP contribution in [-0.4, -0.2) is 37.9 Å². The number of carbonyl (C=O) groups excluding carboxylic acids is 3. The summed E-state index contributed by atoms with van der Waals surface area (Å²) in [6.45, 7) is 1.49. The normalized spacial score (nSPS) is 11.8. The van der Waals surface area contributed by atoms with Crippen molar-refractivity contribution in [2.24, 2.45) is 0 Å². The van der Waals surface area contributed by atoms with Crippen LogP contribution in [0.1, 0.15) is 29.3 Å². The Bertz CT molecular complexity index is 1240. The van der Waals surface area contributed by atoms with E-state index in [4.69, 9.17) is 4.74 Å². The standard InChI is InChI=1S/C25H24N2O6S/c1-18(33-21-14-12-20(13-15-21)24(29)19-8-4-2-5-9-19)25(30)27-26-23(28)16-17-34(31,32)22-10-6-3-7-11-22/h2-15,18H,16-17H2,1H3,(H,26,28)(H,27,30). The van der Waals surface area contributed by atoms with Gasteiger partial charge in [0.1, 0.15) is 5.75 Å². The van der Waals surface area contributed by atoms with Gasteiger partial charge in [0, 0.05) is 17.5 Å². The predicted octanol–water partition coefficient (Wildman–Crippen LogP) is 2.70. The molecule has 8 nitrogen and oxygen atoms in total. The predicted molar refractivity (Wildman–Crippen MR) is 126 cm³/mol. The first-order valence-electron chi connectivity index (χ1n) is 10.5. The van der Waals surface area contributed by atoms with Crippen molar-refractivity contribution >= 4 is 27.4 Å². The number of ketones is 1. The number of rotatable bonds is 9. The van der Waals surface area contributed by atoms with Crippen molar-refractivity contribution in [1.29, 1.82) is 0 Å². The summed E-state index contributed by atoms with van der Waals surface area (Å²) in [6, 6.07) is 23.0. The molecule has 0 aromatic heterocycles. The molecule has 0 radical (unpaired) electrons. The molecule has 0 saturated heterocycles. The molecule has 34 heavy (non-hydrogen) atoms. The summed E-state index contributed by atoms with van der Waals surface area (Å²) < 4.78 is 30.0. The third kappa shape index (κ3) is 6.76. The van der Waals surface area contributed by atoms with E-state index in [0.29, 0.717) is 16.9 Å². The van der Waals surface area contributed by atoms with Gasteiger partial charge in [-0.2, -0.15) is 0 Å². The van der Waals surface area contributed by atoms with Crippen molar-refractivity contribution in [3.63, 3.8) is 0 Å². The van der Waals surface area contributed by atoms with Gasteiger partial charge in [-0.15, -0.1) is 0 Å². The molecule has 0 aliphatic rings. The largest absolute Gasteiger partial charge is 0.481 e. The smallest absolute Gasteiger partial charge is 0.279 e. The second kappa shape index (κ2) is 11.2. The molecule has 2 N–H and O–H groups in total. The van der Waals surface area contributed by atoms with E-state index < -0.39 is 33.5 Å². The zero-order chi connectivity index (χ0) is 24.6. The highest BCUT2D eigenvalue weighted by molar-refractivity contribution is 7.91. The SMILES string of the molecule is CC(Oc1ccc(C(=O)c2ccccc2)cc1)C(=O)NNC(=O)CCS(=O)(=O)c1ccccc1. The van der Waals surface area contributed by atoms with Crippen LogP contribution in [-0.2, 0) is 19.4 Å². The molecule has 1 unspecified atom stereocenters. The number of hydrogen-bond acceptors (Lipinski definition) is 6. The van der Waals surface area contributed by atoms with Gasteiger partial charge < -0.3 is 4.74 Å². The lowest BCUT2D eigenvalue weighted by Gasteiger charge is -2.15. The van der Waals surface area contributed by atoms with E-state index in [1.807, 2.05) is 6.07 Å². The first kappa shape index (κ1) is 24.7. The zero-order valence-electron chi connectivity index (χ0n) is 18.4. The minimum absolute atomic E-state index is 0.130. The zero-order valence-corrected chi connectivity index (χ0v) is 19.2. The Balaban J connectivity index is 1.45. The third-order valence-corrected chi connectivity index (χ3v) is 6.59. The highest BCUT2D eigenvalue weighted by Gasteiger charge is 2.19. The Morgan fingerprint density at radius 3 is 1.97 bits per heavy atom. The Hall–Kier alpha value is -3.98. The van der Waals surface area contributed by atoms with Gasteiger partial charge in [-0.05, 0) is 43.3 Å². The average Bonchev–Trinajstić information content (AvgIpc) is 2.87. The Morgan fingerprint density at radius 2 is 1.35 bits per heavy atom. The van der Waals surface area contributed by atoms with E-state index in [1.165, 1.54) is 19.1 Å². The second-order valence-electron chi connectivity index (χ2n) is 7.40. The fraction of sp³-hybridized carbons (Fsp3) is 0.160. The van der Waals surface area contributed by atoms with Gasteiger partial charge in [-0.1, -0.05) is 48.5 Å². The Morgan fingerprint density at radius 1 is 0.794 bits per heavy atom. The molecule has 0 bridgehead atoms. The number of sulfone groups is 1. The van der Waals surface area contributed by atoms with Gasteiger partial charge in [0.2, 0.25) is 5.91 Å². The highest BCUT2D eigenvalue weighted by atomic mass is 32.2. The average molecular weight is 481 g/mol. The van der Waals surface area contributed by atoms with Crippen LogP contribution in [0.4, 0.5) is 0 Å². The molecule has 1 atom stereocenters. The Kier molecular flexibility index (Phi) is 8.15. The van der Waals surface area contributed by atoms with E-state index >= 15 is 0 Å². The Labute approximate surface area is 197 Å². The van der Waals surface area contributed by atoms with Crippen LogP contribution in [0, 0.1) is 0 Å². The maximum atomic E-state index is 12.5. The van der Waals surface area contributed by atoms with E-state index in [9.17, 15) is 22.8 Å². The maximum absolute atomic E-state index is 12.5. The molecule has 0 saturated carbocycles. The number of nitrogens with one attached hydrogen (secondary N) is 2. The fourth-order valence-corrected chi connectivity index (χ4v) is 4.23. The lowest BCUT2D eigenvalue weighted by molar-refractivity contribution is -0.132. The van der Waals surface area contributed by atoms with Gasteiger partial charge in [0.25, 0.3) is 5.91 Å². The molecule has 0 fully saturated rings. The summed E-state index contributed by atoms with van der Waals surface area (Å²) >= 11 is 0. The van der Waals surface area contributed by atoms with Crippen LogP contribution in [0.25, 0.3) is 0 Å². The fourth-order valence-electron chi connectivity index (χ4n) is 2.97. The van der Waals surface area contributed by atoms with Crippen molar-refractivity contribution in [1.82, 2.24) is 10.9 Å². The van der Waals surface area contributed by atoms with Crippen molar-refractivity contribution in [3.05, 3.63) is 96.1 Å². The van der Waals surface area contributed by atoms with Gasteiger partial charge in [0.15, 0.2) is 21.7 Å². The van der Waals surface area contributed by atoms with Crippen LogP contribution < -0.4 is 15.6 Å². The van der Waals surface area contributed by atoms with Gasteiger partial charge in [-0.3, -0.25) is 25.2 Å². The number of benzene rings is 3. The number of hydrazine groups is 1. The lowest BCUT2D eigenvalue weighted by atomic mass is 10.0.